The molecule has 0 unspecified atom stereocenters. The number of hydrogen-bond acceptors (Lipinski definition) is 6. The van der Waals surface area contributed by atoms with Gasteiger partial charge in [0.1, 0.15) is 15.8 Å². The predicted molar refractivity (Wildman–Crippen MR) is 106 cm³/mol. The number of hydrogen-bond donors (Lipinski definition) is 1. The molecule has 0 saturated carbocycles. The average Bonchev–Trinajstić information content (AvgIpc) is 3.15. The average molecular weight is 409 g/mol. The van der Waals surface area contributed by atoms with Crippen molar-refractivity contribution in [2.75, 3.05) is 6.54 Å². The minimum absolute atomic E-state index is 0.0348. The third kappa shape index (κ3) is 3.90. The fourth-order valence-corrected chi connectivity index (χ4v) is 4.24. The van der Waals surface area contributed by atoms with E-state index in [0.717, 1.165) is 6.42 Å². The lowest BCUT2D eigenvalue weighted by atomic mass is 10.2. The number of benzene rings is 1. The zero-order valence-electron chi connectivity index (χ0n) is 13.8. The Hall–Kier alpha value is -1.94. The van der Waals surface area contributed by atoms with Crippen molar-refractivity contribution in [3.63, 3.8) is 0 Å². The molecule has 1 aliphatic heterocycles. The summed E-state index contributed by atoms with van der Waals surface area (Å²) < 4.78 is 28.9. The van der Waals surface area contributed by atoms with E-state index < -0.39 is 10.0 Å². The number of nitrogens with zero attached hydrogens (tertiary/aromatic N) is 1. The van der Waals surface area contributed by atoms with Crippen molar-refractivity contribution in [3.05, 3.63) is 47.1 Å². The van der Waals surface area contributed by atoms with Gasteiger partial charge < -0.3 is 4.42 Å². The van der Waals surface area contributed by atoms with Gasteiger partial charge in [0, 0.05) is 18.2 Å². The zero-order valence-corrected chi connectivity index (χ0v) is 16.3. The maximum absolute atomic E-state index is 12.4. The Labute approximate surface area is 161 Å². The van der Waals surface area contributed by atoms with Crippen LogP contribution in [0.25, 0.3) is 17.4 Å². The molecule has 1 saturated heterocycles. The summed E-state index contributed by atoms with van der Waals surface area (Å²) >= 11 is 6.49. The maximum Gasteiger partial charge on any atom is 0.266 e. The second-order valence-electron chi connectivity index (χ2n) is 5.60. The van der Waals surface area contributed by atoms with E-state index in [4.69, 9.17) is 21.8 Å². The van der Waals surface area contributed by atoms with Crippen LogP contribution in [0.15, 0.2) is 50.6 Å². The summed E-state index contributed by atoms with van der Waals surface area (Å²) in [5.74, 6) is 0.964. The van der Waals surface area contributed by atoms with E-state index in [1.807, 2.05) is 6.92 Å². The van der Waals surface area contributed by atoms with Gasteiger partial charge in [-0.15, -0.1) is 0 Å². The van der Waals surface area contributed by atoms with Crippen LogP contribution in [-0.2, 0) is 14.8 Å². The van der Waals surface area contributed by atoms with Crippen molar-refractivity contribution < 1.29 is 17.6 Å². The molecule has 0 bridgehead atoms. The second-order valence-corrected chi connectivity index (χ2v) is 8.84. The number of primary sulfonamides is 1. The highest BCUT2D eigenvalue weighted by Gasteiger charge is 2.31. The van der Waals surface area contributed by atoms with Crippen LogP contribution in [-0.4, -0.2) is 30.1 Å². The summed E-state index contributed by atoms with van der Waals surface area (Å²) in [6, 6.07) is 9.57. The van der Waals surface area contributed by atoms with Crippen molar-refractivity contribution in [1.82, 2.24) is 4.90 Å². The van der Waals surface area contributed by atoms with Gasteiger partial charge in [0.2, 0.25) is 10.0 Å². The normalized spacial score (nSPS) is 16.7. The second kappa shape index (κ2) is 7.36. The Morgan fingerprint density at radius 3 is 2.54 bits per heavy atom. The van der Waals surface area contributed by atoms with Crippen molar-refractivity contribution in [2.24, 2.45) is 5.14 Å². The van der Waals surface area contributed by atoms with Crippen LogP contribution < -0.4 is 5.14 Å². The first-order valence-corrected chi connectivity index (χ1v) is 10.5. The predicted octanol–water partition coefficient (Wildman–Crippen LogP) is 3.21. The summed E-state index contributed by atoms with van der Waals surface area (Å²) in [5, 5.41) is 5.09. The van der Waals surface area contributed by atoms with Crippen LogP contribution in [0.4, 0.5) is 0 Å². The lowest BCUT2D eigenvalue weighted by Gasteiger charge is -2.11. The van der Waals surface area contributed by atoms with Gasteiger partial charge in [0.25, 0.3) is 5.91 Å². The highest BCUT2D eigenvalue weighted by molar-refractivity contribution is 8.26. The first-order chi connectivity index (χ1) is 12.3. The summed E-state index contributed by atoms with van der Waals surface area (Å²) in [6.45, 7) is 2.59. The van der Waals surface area contributed by atoms with Crippen molar-refractivity contribution >= 4 is 50.3 Å². The van der Waals surface area contributed by atoms with E-state index in [9.17, 15) is 13.2 Å². The SMILES string of the molecule is CCCN1C(=O)C(=Cc2ccc(-c3ccc(S(N)(=O)=O)cc3)o2)SC1=S. The van der Waals surface area contributed by atoms with Gasteiger partial charge in [-0.1, -0.05) is 30.9 Å². The molecule has 136 valence electrons. The summed E-state index contributed by atoms with van der Waals surface area (Å²) in [5.41, 5.74) is 0.704. The first-order valence-electron chi connectivity index (χ1n) is 7.78. The van der Waals surface area contributed by atoms with Gasteiger partial charge in [-0.2, -0.15) is 0 Å². The number of rotatable bonds is 5. The van der Waals surface area contributed by atoms with Gasteiger partial charge in [0.15, 0.2) is 0 Å². The van der Waals surface area contributed by atoms with Crippen molar-refractivity contribution in [2.45, 2.75) is 18.2 Å². The molecule has 0 aliphatic carbocycles. The number of nitrogens with two attached hydrogens (primary N) is 1. The summed E-state index contributed by atoms with van der Waals surface area (Å²) in [6.07, 6.45) is 2.50. The number of thioether (sulfide) groups is 1. The van der Waals surface area contributed by atoms with Crippen LogP contribution in [0.3, 0.4) is 0 Å². The molecule has 6 nitrogen and oxygen atoms in total. The fourth-order valence-electron chi connectivity index (χ4n) is 2.44. The lowest BCUT2D eigenvalue weighted by Crippen LogP contribution is -2.28. The molecule has 1 aromatic carbocycles. The van der Waals surface area contributed by atoms with E-state index >= 15 is 0 Å². The van der Waals surface area contributed by atoms with Crippen LogP contribution in [0, 0.1) is 0 Å². The molecule has 0 radical (unpaired) electrons. The lowest BCUT2D eigenvalue weighted by molar-refractivity contribution is -0.122. The largest absolute Gasteiger partial charge is 0.457 e. The van der Waals surface area contributed by atoms with E-state index in [0.29, 0.717) is 32.9 Å². The minimum Gasteiger partial charge on any atom is -0.457 e. The summed E-state index contributed by atoms with van der Waals surface area (Å²) in [7, 11) is -3.73. The number of carbonyl (C=O) groups excluding carboxylic acids is 1. The summed E-state index contributed by atoms with van der Waals surface area (Å²) in [4.78, 5) is 14.5. The van der Waals surface area contributed by atoms with Crippen LogP contribution in [0.1, 0.15) is 19.1 Å². The van der Waals surface area contributed by atoms with Crippen LogP contribution >= 0.6 is 24.0 Å². The third-order valence-electron chi connectivity index (χ3n) is 3.69. The number of carbonyl (C=O) groups is 1. The molecule has 0 spiro atoms. The van der Waals surface area contributed by atoms with Crippen LogP contribution in [0.2, 0.25) is 0 Å². The standard InChI is InChI=1S/C17H16N2O4S3/c1-2-9-19-16(20)15(25-17(19)24)10-12-5-8-14(23-12)11-3-6-13(7-4-11)26(18,21)22/h3-8,10H,2,9H2,1H3,(H2,18,21,22). The number of thiocarbonyl (C=S) groups is 1. The van der Waals surface area contributed by atoms with Crippen molar-refractivity contribution in [3.8, 4) is 11.3 Å². The van der Waals surface area contributed by atoms with E-state index in [1.165, 1.54) is 23.9 Å². The minimum atomic E-state index is -3.73. The van der Waals surface area contributed by atoms with Gasteiger partial charge in [0.05, 0.1) is 9.80 Å². The van der Waals surface area contributed by atoms with Gasteiger partial charge >= 0.3 is 0 Å². The quantitative estimate of drug-likeness (QED) is 0.603. The molecule has 3 rings (SSSR count). The molecule has 1 aliphatic rings. The third-order valence-corrected chi connectivity index (χ3v) is 6.00. The Morgan fingerprint density at radius 2 is 1.92 bits per heavy atom. The highest BCUT2D eigenvalue weighted by Crippen LogP contribution is 2.33. The molecule has 26 heavy (non-hydrogen) atoms. The van der Waals surface area contributed by atoms with E-state index in [1.54, 1.807) is 35.2 Å². The molecule has 2 aromatic rings. The maximum atomic E-state index is 12.4. The van der Waals surface area contributed by atoms with Gasteiger partial charge in [-0.05, 0) is 42.8 Å². The highest BCUT2D eigenvalue weighted by atomic mass is 32.2. The Bertz CT molecular complexity index is 991. The molecule has 1 aromatic heterocycles. The van der Waals surface area contributed by atoms with Crippen LogP contribution in [0.5, 0.6) is 0 Å². The molecular weight excluding hydrogens is 392 g/mol. The fraction of sp³-hybridized carbons (Fsp3) is 0.176. The molecular formula is C17H16N2O4S3. The topological polar surface area (TPSA) is 93.6 Å². The van der Waals surface area contributed by atoms with E-state index in [2.05, 4.69) is 0 Å². The van der Waals surface area contributed by atoms with Gasteiger partial charge in [-0.3, -0.25) is 9.69 Å². The molecule has 1 fully saturated rings. The van der Waals surface area contributed by atoms with Gasteiger partial charge in [-0.25, -0.2) is 13.6 Å². The molecule has 1 amide bonds. The number of furan rings is 1. The van der Waals surface area contributed by atoms with Crippen molar-refractivity contribution in [1.29, 1.82) is 0 Å². The Morgan fingerprint density at radius 1 is 1.23 bits per heavy atom. The Balaban J connectivity index is 1.82. The molecule has 2 heterocycles. The molecule has 2 N–H and O–H groups in total. The first kappa shape index (κ1) is 18.8. The Kier molecular flexibility index (Phi) is 5.33. The zero-order chi connectivity index (χ0) is 18.9. The molecule has 9 heteroatoms. The molecule has 0 atom stereocenters. The smallest absolute Gasteiger partial charge is 0.266 e. The monoisotopic (exact) mass is 408 g/mol. The number of sulfonamides is 1. The van der Waals surface area contributed by atoms with E-state index in [-0.39, 0.29) is 10.8 Å². The number of amides is 1.